The maximum absolute atomic E-state index is 12.9. The summed E-state index contributed by atoms with van der Waals surface area (Å²) in [5.41, 5.74) is 1.91. The largest absolute Gasteiger partial charge is 0.480 e. The number of aliphatic carboxylic acids is 1. The van der Waals surface area contributed by atoms with Crippen molar-refractivity contribution in [2.24, 2.45) is 0 Å². The molecule has 0 unspecified atom stereocenters. The summed E-state index contributed by atoms with van der Waals surface area (Å²) in [4.78, 5) is 24.0. The molecule has 0 aliphatic heterocycles. The molecule has 0 fully saturated rings. The molecule has 2 aromatic heterocycles. The molecule has 0 bridgehead atoms. The minimum Gasteiger partial charge on any atom is -0.480 e. The smallest absolute Gasteiger partial charge is 0.433 e. The number of pyridine rings is 1. The van der Waals surface area contributed by atoms with Crippen molar-refractivity contribution in [2.45, 2.75) is 13.1 Å². The van der Waals surface area contributed by atoms with Crippen LogP contribution in [0.2, 0.25) is 0 Å². The maximum atomic E-state index is 12.9. The van der Waals surface area contributed by atoms with Gasteiger partial charge in [0.15, 0.2) is 0 Å². The molecule has 0 saturated carbocycles. The highest BCUT2D eigenvalue weighted by molar-refractivity contribution is 5.74. The third kappa shape index (κ3) is 5.22. The Balaban J connectivity index is 1.85. The van der Waals surface area contributed by atoms with Gasteiger partial charge in [0.05, 0.1) is 0 Å². The van der Waals surface area contributed by atoms with Crippen LogP contribution in [-0.2, 0) is 11.0 Å². The Bertz CT molecular complexity index is 1060. The van der Waals surface area contributed by atoms with Gasteiger partial charge in [-0.25, -0.2) is 15.0 Å². The summed E-state index contributed by atoms with van der Waals surface area (Å²) >= 11 is 0. The quantitative estimate of drug-likeness (QED) is 0.623. The van der Waals surface area contributed by atoms with Crippen LogP contribution in [-0.4, -0.2) is 39.6 Å². The third-order valence-electron chi connectivity index (χ3n) is 4.12. The number of aryl methyl sites for hydroxylation is 1. The van der Waals surface area contributed by atoms with Gasteiger partial charge in [-0.2, -0.15) is 13.2 Å². The summed E-state index contributed by atoms with van der Waals surface area (Å²) in [7, 11) is 1.62. The molecule has 0 spiro atoms. The van der Waals surface area contributed by atoms with Crippen LogP contribution in [0.15, 0.2) is 48.8 Å². The lowest BCUT2D eigenvalue weighted by Gasteiger charge is -2.16. The lowest BCUT2D eigenvalue weighted by molar-refractivity contribution is -0.141. The summed E-state index contributed by atoms with van der Waals surface area (Å²) in [5.74, 6) is -0.621. The number of likely N-dealkylation sites (N-methyl/N-ethyl adjacent to an activating group) is 1. The van der Waals surface area contributed by atoms with Crippen molar-refractivity contribution in [1.29, 1.82) is 0 Å². The number of carbonyl (C=O) groups is 1. The zero-order valence-electron chi connectivity index (χ0n) is 16.1. The first-order valence-corrected chi connectivity index (χ1v) is 8.80. The summed E-state index contributed by atoms with van der Waals surface area (Å²) in [6.07, 6.45) is -1.91. The highest BCUT2D eigenvalue weighted by Gasteiger charge is 2.32. The normalized spacial score (nSPS) is 11.2. The molecular formula is C20H18F3N5O2. The molecule has 2 N–H and O–H groups in total. The Morgan fingerprint density at radius 3 is 2.53 bits per heavy atom. The standard InChI is InChI=1S/C20H18F3N5O2/c1-12-7-14(13-3-4-17(25-10-13)28(2)11-18(29)30)9-15(8-12)26-19-24-6-5-16(27-19)20(21,22)23/h3-10H,11H2,1-2H3,(H,29,30)(H,24,26,27). The third-order valence-corrected chi connectivity index (χ3v) is 4.12. The molecule has 7 nitrogen and oxygen atoms in total. The fraction of sp³-hybridized carbons (Fsp3) is 0.200. The van der Waals surface area contributed by atoms with Gasteiger partial charge in [-0.3, -0.25) is 4.79 Å². The molecule has 2 heterocycles. The summed E-state index contributed by atoms with van der Waals surface area (Å²) < 4.78 is 38.6. The Morgan fingerprint density at radius 1 is 1.13 bits per heavy atom. The molecule has 10 heteroatoms. The molecular weight excluding hydrogens is 399 g/mol. The summed E-state index contributed by atoms with van der Waals surface area (Å²) in [6, 6.07) is 9.70. The number of anilines is 3. The van der Waals surface area contributed by atoms with Crippen LogP contribution < -0.4 is 10.2 Å². The fourth-order valence-corrected chi connectivity index (χ4v) is 2.79. The second kappa shape index (κ2) is 8.36. The number of halogens is 3. The summed E-state index contributed by atoms with van der Waals surface area (Å²) in [6.45, 7) is 1.67. The SMILES string of the molecule is Cc1cc(Nc2nccc(C(F)(F)F)n2)cc(-c2ccc(N(C)CC(=O)O)nc2)c1. The number of hydrogen-bond acceptors (Lipinski definition) is 6. The van der Waals surface area contributed by atoms with Crippen molar-refractivity contribution < 1.29 is 23.1 Å². The van der Waals surface area contributed by atoms with E-state index in [0.717, 1.165) is 29.0 Å². The lowest BCUT2D eigenvalue weighted by Crippen LogP contribution is -2.25. The van der Waals surface area contributed by atoms with E-state index in [1.54, 1.807) is 37.5 Å². The molecule has 3 aromatic rings. The average molecular weight is 417 g/mol. The van der Waals surface area contributed by atoms with Crippen LogP contribution in [0.3, 0.4) is 0 Å². The number of carboxylic acids is 1. The van der Waals surface area contributed by atoms with Crippen LogP contribution >= 0.6 is 0 Å². The highest BCUT2D eigenvalue weighted by atomic mass is 19.4. The predicted molar refractivity (Wildman–Crippen MR) is 106 cm³/mol. The van der Waals surface area contributed by atoms with Crippen molar-refractivity contribution >= 4 is 23.4 Å². The topological polar surface area (TPSA) is 91.2 Å². The van der Waals surface area contributed by atoms with E-state index in [0.29, 0.717) is 11.5 Å². The Kier molecular flexibility index (Phi) is 5.86. The number of nitrogens with one attached hydrogen (secondary N) is 1. The molecule has 30 heavy (non-hydrogen) atoms. The van der Waals surface area contributed by atoms with Gasteiger partial charge >= 0.3 is 12.1 Å². The van der Waals surface area contributed by atoms with Gasteiger partial charge in [0.2, 0.25) is 5.95 Å². The van der Waals surface area contributed by atoms with Crippen molar-refractivity contribution in [3.8, 4) is 11.1 Å². The first-order valence-electron chi connectivity index (χ1n) is 8.80. The first-order chi connectivity index (χ1) is 14.1. The van der Waals surface area contributed by atoms with E-state index in [-0.39, 0.29) is 12.5 Å². The number of nitrogens with zero attached hydrogens (tertiary/aromatic N) is 4. The minimum absolute atomic E-state index is 0.162. The van der Waals surface area contributed by atoms with E-state index in [2.05, 4.69) is 20.3 Å². The Morgan fingerprint density at radius 2 is 1.90 bits per heavy atom. The van der Waals surface area contributed by atoms with Crippen molar-refractivity contribution in [2.75, 3.05) is 23.8 Å². The molecule has 1 aromatic carbocycles. The second-order valence-corrected chi connectivity index (χ2v) is 6.63. The number of aromatic nitrogens is 3. The molecule has 0 aliphatic carbocycles. The zero-order valence-corrected chi connectivity index (χ0v) is 16.1. The minimum atomic E-state index is -4.56. The first kappa shape index (κ1) is 21.0. The van der Waals surface area contributed by atoms with Crippen LogP contribution in [0, 0.1) is 6.92 Å². The van der Waals surface area contributed by atoms with E-state index in [1.165, 1.54) is 4.90 Å². The maximum Gasteiger partial charge on any atom is 0.433 e. The van der Waals surface area contributed by atoms with Crippen LogP contribution in [0.25, 0.3) is 11.1 Å². The molecule has 0 aliphatic rings. The number of rotatable bonds is 6. The van der Waals surface area contributed by atoms with Gasteiger partial charge in [-0.15, -0.1) is 0 Å². The number of benzene rings is 1. The molecule has 156 valence electrons. The van der Waals surface area contributed by atoms with E-state index in [1.807, 2.05) is 13.0 Å². The average Bonchev–Trinajstić information content (AvgIpc) is 2.67. The van der Waals surface area contributed by atoms with Crippen LogP contribution in [0.1, 0.15) is 11.3 Å². The predicted octanol–water partition coefficient (Wildman–Crippen LogP) is 4.13. The van der Waals surface area contributed by atoms with Gasteiger partial charge in [0.1, 0.15) is 18.1 Å². The van der Waals surface area contributed by atoms with E-state index < -0.39 is 17.8 Å². The molecule has 3 rings (SSSR count). The number of alkyl halides is 3. The van der Waals surface area contributed by atoms with Gasteiger partial charge in [0, 0.05) is 30.7 Å². The second-order valence-electron chi connectivity index (χ2n) is 6.63. The highest BCUT2D eigenvalue weighted by Crippen LogP contribution is 2.29. The lowest BCUT2D eigenvalue weighted by atomic mass is 10.0. The van der Waals surface area contributed by atoms with E-state index in [4.69, 9.17) is 5.11 Å². The molecule has 0 atom stereocenters. The van der Waals surface area contributed by atoms with Gasteiger partial charge in [-0.1, -0.05) is 6.07 Å². The van der Waals surface area contributed by atoms with Gasteiger partial charge < -0.3 is 15.3 Å². The molecule has 0 saturated heterocycles. The summed E-state index contributed by atoms with van der Waals surface area (Å²) in [5, 5.41) is 11.7. The fourth-order valence-electron chi connectivity index (χ4n) is 2.79. The van der Waals surface area contributed by atoms with Crippen LogP contribution in [0.4, 0.5) is 30.6 Å². The number of hydrogen-bond donors (Lipinski definition) is 2. The van der Waals surface area contributed by atoms with Gasteiger partial charge in [-0.05, 0) is 48.4 Å². The van der Waals surface area contributed by atoms with E-state index in [9.17, 15) is 18.0 Å². The Hall–Kier alpha value is -3.69. The zero-order chi connectivity index (χ0) is 21.9. The van der Waals surface area contributed by atoms with Gasteiger partial charge in [0.25, 0.3) is 0 Å². The molecule has 0 radical (unpaired) electrons. The van der Waals surface area contributed by atoms with Crippen molar-refractivity contribution in [3.05, 3.63) is 60.0 Å². The van der Waals surface area contributed by atoms with E-state index >= 15 is 0 Å². The van der Waals surface area contributed by atoms with Crippen LogP contribution in [0.5, 0.6) is 0 Å². The monoisotopic (exact) mass is 417 g/mol. The van der Waals surface area contributed by atoms with Crippen molar-refractivity contribution in [1.82, 2.24) is 15.0 Å². The number of carboxylic acid groups (broad SMARTS) is 1. The van der Waals surface area contributed by atoms with Crippen molar-refractivity contribution in [3.63, 3.8) is 0 Å². The molecule has 0 amide bonds. The Labute approximate surface area is 170 Å².